The van der Waals surface area contributed by atoms with Crippen molar-refractivity contribution in [2.24, 2.45) is 0 Å². The first-order chi connectivity index (χ1) is 19.8. The highest BCUT2D eigenvalue weighted by Gasteiger charge is 2.22. The molecule has 4 aromatic rings. The molecule has 1 aliphatic heterocycles. The fourth-order valence-corrected chi connectivity index (χ4v) is 4.75. The first-order valence-electron chi connectivity index (χ1n) is 12.6. The first-order valence-corrected chi connectivity index (χ1v) is 13.4. The van der Waals surface area contributed by atoms with E-state index < -0.39 is 10.8 Å². The van der Waals surface area contributed by atoms with Crippen molar-refractivity contribution in [1.82, 2.24) is 10.2 Å². The Hall–Kier alpha value is -4.74. The van der Waals surface area contributed by atoms with Gasteiger partial charge in [-0.2, -0.15) is 0 Å². The van der Waals surface area contributed by atoms with Gasteiger partial charge in [0, 0.05) is 65.8 Å². The van der Waals surface area contributed by atoms with E-state index >= 15 is 0 Å². The molecular weight excluding hydrogens is 566 g/mol. The summed E-state index contributed by atoms with van der Waals surface area (Å²) in [6.07, 6.45) is 0. The molecule has 41 heavy (non-hydrogen) atoms. The van der Waals surface area contributed by atoms with Crippen LogP contribution in [0.5, 0.6) is 0 Å². The molecule has 0 spiro atoms. The van der Waals surface area contributed by atoms with Gasteiger partial charge in [0.2, 0.25) is 0 Å². The van der Waals surface area contributed by atoms with Gasteiger partial charge >= 0.3 is 0 Å². The maximum atomic E-state index is 12.8. The number of carbonyl (C=O) groups excluding carboxylic acids is 2. The van der Waals surface area contributed by atoms with E-state index in [9.17, 15) is 19.7 Å². The summed E-state index contributed by atoms with van der Waals surface area (Å²) in [5.41, 5.74) is 2.72. The van der Waals surface area contributed by atoms with E-state index in [0.29, 0.717) is 53.8 Å². The Balaban J connectivity index is 1.12. The van der Waals surface area contributed by atoms with Crippen molar-refractivity contribution < 1.29 is 18.9 Å². The number of nitro benzene ring substituents is 1. The number of furan rings is 1. The predicted molar refractivity (Wildman–Crippen MR) is 160 cm³/mol. The maximum absolute atomic E-state index is 12.8. The summed E-state index contributed by atoms with van der Waals surface area (Å²) in [4.78, 5) is 39.9. The topological polar surface area (TPSA) is 121 Å². The molecule has 0 saturated carbocycles. The van der Waals surface area contributed by atoms with E-state index in [1.54, 1.807) is 42.5 Å². The average molecular weight is 590 g/mol. The molecule has 0 radical (unpaired) electrons. The summed E-state index contributed by atoms with van der Waals surface area (Å²) in [5.74, 6) is -0.226. The minimum atomic E-state index is -0.554. The molecule has 5 rings (SSSR count). The number of rotatable bonds is 6. The second-order valence-corrected chi connectivity index (χ2v) is 10.1. The molecule has 10 nitrogen and oxygen atoms in total. The monoisotopic (exact) mass is 589 g/mol. The van der Waals surface area contributed by atoms with Crippen LogP contribution in [-0.4, -0.2) is 52.9 Å². The molecule has 2 N–H and O–H groups in total. The van der Waals surface area contributed by atoms with Crippen LogP contribution in [0, 0.1) is 10.1 Å². The summed E-state index contributed by atoms with van der Waals surface area (Å²) in [5, 5.41) is 17.3. The maximum Gasteiger partial charge on any atom is 0.293 e. The number of nitrogens with zero attached hydrogens (tertiary/aromatic N) is 3. The molecule has 0 aliphatic carbocycles. The fourth-order valence-electron chi connectivity index (χ4n) is 4.41. The van der Waals surface area contributed by atoms with Gasteiger partial charge in [0.25, 0.3) is 17.5 Å². The van der Waals surface area contributed by atoms with E-state index in [0.717, 1.165) is 5.69 Å². The molecule has 0 bridgehead atoms. The minimum absolute atomic E-state index is 0.00811. The zero-order chi connectivity index (χ0) is 28.9. The lowest BCUT2D eigenvalue weighted by atomic mass is 10.1. The Morgan fingerprint density at radius 1 is 0.927 bits per heavy atom. The van der Waals surface area contributed by atoms with Crippen LogP contribution < -0.4 is 15.5 Å². The highest BCUT2D eigenvalue weighted by atomic mass is 35.5. The number of nitrogens with one attached hydrogen (secondary N) is 2. The average Bonchev–Trinajstić information content (AvgIpc) is 3.49. The van der Waals surface area contributed by atoms with Crippen LogP contribution >= 0.6 is 23.8 Å². The highest BCUT2D eigenvalue weighted by Crippen LogP contribution is 2.26. The number of piperazine rings is 1. The molecule has 0 atom stereocenters. The largest absolute Gasteiger partial charge is 0.451 e. The Labute approximate surface area is 245 Å². The number of hydrogen-bond acceptors (Lipinski definition) is 7. The molecule has 208 valence electrons. The normalized spacial score (nSPS) is 13.0. The molecule has 3 aromatic carbocycles. The Kier molecular flexibility index (Phi) is 8.27. The standard InChI is InChI=1S/C29H24ClN5O5S/c30-21-6-4-19(5-7-21)28(37)34-16-14-33(15-17-34)23-10-8-22(9-11-23)31-29(41)32-27(36)26-13-12-25(40-26)20-2-1-3-24(18-20)35(38)39/h1-13,18H,14-17H2,(H2,31,32,36,41). The van der Waals surface area contributed by atoms with Gasteiger partial charge in [-0.3, -0.25) is 25.0 Å². The Bertz CT molecular complexity index is 1600. The number of amides is 2. The lowest BCUT2D eigenvalue weighted by molar-refractivity contribution is -0.384. The van der Waals surface area contributed by atoms with Crippen molar-refractivity contribution in [2.75, 3.05) is 36.4 Å². The quantitative estimate of drug-likeness (QED) is 0.169. The van der Waals surface area contributed by atoms with Crippen molar-refractivity contribution in [3.8, 4) is 11.3 Å². The third kappa shape index (κ3) is 6.71. The van der Waals surface area contributed by atoms with Gasteiger partial charge in [0.05, 0.1) is 4.92 Å². The molecule has 12 heteroatoms. The summed E-state index contributed by atoms with van der Waals surface area (Å²) in [7, 11) is 0. The lowest BCUT2D eigenvalue weighted by Gasteiger charge is -2.36. The van der Waals surface area contributed by atoms with Crippen LogP contribution in [0.25, 0.3) is 11.3 Å². The van der Waals surface area contributed by atoms with Crippen molar-refractivity contribution in [3.05, 3.63) is 111 Å². The van der Waals surface area contributed by atoms with E-state index in [-0.39, 0.29) is 22.5 Å². The van der Waals surface area contributed by atoms with Crippen LogP contribution in [0.3, 0.4) is 0 Å². The summed E-state index contributed by atoms with van der Waals surface area (Å²) in [6, 6.07) is 23.5. The molecule has 1 aromatic heterocycles. The molecule has 2 heterocycles. The zero-order valence-corrected chi connectivity index (χ0v) is 23.2. The molecule has 1 aliphatic rings. The van der Waals surface area contributed by atoms with Gasteiger partial charge in [-0.05, 0) is 72.9 Å². The van der Waals surface area contributed by atoms with Gasteiger partial charge in [-0.1, -0.05) is 23.7 Å². The van der Waals surface area contributed by atoms with Crippen LogP contribution in [-0.2, 0) is 0 Å². The SMILES string of the molecule is O=C(NC(=S)Nc1ccc(N2CCN(C(=O)c3ccc(Cl)cc3)CC2)cc1)c1ccc(-c2cccc([N+](=O)[O-])c2)o1. The second-order valence-electron chi connectivity index (χ2n) is 9.21. The molecule has 2 amide bonds. The molecule has 1 fully saturated rings. The summed E-state index contributed by atoms with van der Waals surface area (Å²) in [6.45, 7) is 2.60. The van der Waals surface area contributed by atoms with Gasteiger partial charge in [-0.25, -0.2) is 0 Å². The third-order valence-electron chi connectivity index (χ3n) is 6.55. The van der Waals surface area contributed by atoms with Crippen molar-refractivity contribution in [2.45, 2.75) is 0 Å². The molecule has 0 unspecified atom stereocenters. The number of halogens is 1. The van der Waals surface area contributed by atoms with Crippen LogP contribution in [0.1, 0.15) is 20.9 Å². The second kappa shape index (κ2) is 12.2. The van der Waals surface area contributed by atoms with Crippen molar-refractivity contribution >= 4 is 57.8 Å². The fraction of sp³-hybridized carbons (Fsp3) is 0.138. The summed E-state index contributed by atoms with van der Waals surface area (Å²) >= 11 is 11.2. The van der Waals surface area contributed by atoms with Crippen LogP contribution in [0.4, 0.5) is 17.1 Å². The zero-order valence-electron chi connectivity index (χ0n) is 21.6. The minimum Gasteiger partial charge on any atom is -0.451 e. The van der Waals surface area contributed by atoms with Gasteiger partial charge in [0.1, 0.15) is 5.76 Å². The number of anilines is 2. The number of nitro groups is 1. The van der Waals surface area contributed by atoms with Gasteiger partial charge in [0.15, 0.2) is 10.9 Å². The van der Waals surface area contributed by atoms with Crippen LogP contribution in [0.15, 0.2) is 89.3 Å². The van der Waals surface area contributed by atoms with Gasteiger partial charge in [-0.15, -0.1) is 0 Å². The molecular formula is C29H24ClN5O5S. The van der Waals surface area contributed by atoms with E-state index in [1.165, 1.54) is 18.2 Å². The van der Waals surface area contributed by atoms with Gasteiger partial charge < -0.3 is 19.5 Å². The Morgan fingerprint density at radius 3 is 2.32 bits per heavy atom. The molecule has 1 saturated heterocycles. The van der Waals surface area contributed by atoms with E-state index in [1.807, 2.05) is 29.2 Å². The van der Waals surface area contributed by atoms with Crippen molar-refractivity contribution in [1.29, 1.82) is 0 Å². The first kappa shape index (κ1) is 27.8. The highest BCUT2D eigenvalue weighted by molar-refractivity contribution is 7.80. The number of thiocarbonyl (C=S) groups is 1. The van der Waals surface area contributed by atoms with Crippen LogP contribution in [0.2, 0.25) is 5.02 Å². The van der Waals surface area contributed by atoms with E-state index in [2.05, 4.69) is 15.5 Å². The van der Waals surface area contributed by atoms with E-state index in [4.69, 9.17) is 28.2 Å². The van der Waals surface area contributed by atoms with Crippen molar-refractivity contribution in [3.63, 3.8) is 0 Å². The smallest absolute Gasteiger partial charge is 0.293 e. The third-order valence-corrected chi connectivity index (χ3v) is 7.00. The predicted octanol–water partition coefficient (Wildman–Crippen LogP) is 5.60. The number of carbonyl (C=O) groups is 2. The number of non-ortho nitro benzene ring substituents is 1. The lowest BCUT2D eigenvalue weighted by Crippen LogP contribution is -2.48. The Morgan fingerprint density at radius 2 is 1.63 bits per heavy atom. The summed E-state index contributed by atoms with van der Waals surface area (Å²) < 4.78 is 5.59. The number of benzene rings is 3. The number of hydrogen-bond donors (Lipinski definition) is 2.